The normalized spacial score (nSPS) is 17.2. The van der Waals surface area contributed by atoms with Crippen LogP contribution in [0.5, 0.6) is 11.5 Å². The Morgan fingerprint density at radius 3 is 2.80 bits per heavy atom. The fraction of sp³-hybridized carbons (Fsp3) is 0.478. The first-order chi connectivity index (χ1) is 14.4. The van der Waals surface area contributed by atoms with Gasteiger partial charge in [0.15, 0.2) is 11.5 Å². The van der Waals surface area contributed by atoms with Gasteiger partial charge in [0.2, 0.25) is 0 Å². The maximum absolute atomic E-state index is 12.9. The molecule has 0 saturated heterocycles. The number of ether oxygens (including phenoxy) is 2. The van der Waals surface area contributed by atoms with Crippen molar-refractivity contribution in [3.63, 3.8) is 0 Å². The molecule has 30 heavy (non-hydrogen) atoms. The molecule has 4 rings (SSSR count). The van der Waals surface area contributed by atoms with Crippen LogP contribution in [0.15, 0.2) is 23.0 Å². The maximum atomic E-state index is 12.9. The van der Waals surface area contributed by atoms with E-state index >= 15 is 0 Å². The summed E-state index contributed by atoms with van der Waals surface area (Å²) >= 11 is 1.69. The van der Waals surface area contributed by atoms with Gasteiger partial charge in [0.25, 0.3) is 5.56 Å². The summed E-state index contributed by atoms with van der Waals surface area (Å²) in [7, 11) is 5.30. The van der Waals surface area contributed by atoms with E-state index in [0.29, 0.717) is 29.8 Å². The smallest absolute Gasteiger partial charge is 0.259 e. The average molecular weight is 428 g/mol. The molecule has 0 amide bonds. The summed E-state index contributed by atoms with van der Waals surface area (Å²) in [5.41, 5.74) is 2.32. The van der Waals surface area contributed by atoms with E-state index in [0.717, 1.165) is 35.0 Å². The molecule has 1 aromatic carbocycles. The van der Waals surface area contributed by atoms with E-state index in [9.17, 15) is 4.79 Å². The number of rotatable bonds is 6. The van der Waals surface area contributed by atoms with Crippen LogP contribution in [0.4, 0.5) is 0 Å². The van der Waals surface area contributed by atoms with Gasteiger partial charge >= 0.3 is 0 Å². The minimum absolute atomic E-state index is 0.00609. The molecule has 2 heterocycles. The molecule has 1 aliphatic carbocycles. The van der Waals surface area contributed by atoms with E-state index in [4.69, 9.17) is 14.5 Å². The Kier molecular flexibility index (Phi) is 5.84. The maximum Gasteiger partial charge on any atom is 0.259 e. The molecular formula is C23H29N3O3S. The summed E-state index contributed by atoms with van der Waals surface area (Å²) < 4.78 is 10.7. The number of nitrogens with zero attached hydrogens (tertiary/aromatic N) is 2. The molecule has 1 N–H and O–H groups in total. The number of aromatic amines is 1. The molecule has 0 radical (unpaired) electrons. The summed E-state index contributed by atoms with van der Waals surface area (Å²) in [6.45, 7) is 5.05. The minimum atomic E-state index is -0.0340. The molecule has 1 aliphatic rings. The zero-order chi connectivity index (χ0) is 21.4. The molecule has 0 unspecified atom stereocenters. The minimum Gasteiger partial charge on any atom is -0.493 e. The van der Waals surface area contributed by atoms with E-state index in [1.54, 1.807) is 25.6 Å². The molecule has 0 bridgehead atoms. The van der Waals surface area contributed by atoms with Crippen molar-refractivity contribution < 1.29 is 9.47 Å². The van der Waals surface area contributed by atoms with Gasteiger partial charge in [-0.1, -0.05) is 13.0 Å². The fourth-order valence-electron chi connectivity index (χ4n) is 4.18. The highest BCUT2D eigenvalue weighted by molar-refractivity contribution is 7.18. The van der Waals surface area contributed by atoms with Gasteiger partial charge in [-0.3, -0.25) is 9.69 Å². The number of aromatic nitrogens is 2. The summed E-state index contributed by atoms with van der Waals surface area (Å²) in [5.74, 6) is 2.81. The van der Waals surface area contributed by atoms with Crippen LogP contribution in [0.1, 0.15) is 48.1 Å². The molecule has 0 fully saturated rings. The Morgan fingerprint density at radius 1 is 1.30 bits per heavy atom. The largest absolute Gasteiger partial charge is 0.493 e. The SMILES string of the molecule is COc1ccc(CN(C)[C@@H](C)c2nc3sc4c(c3c(=O)[nH]2)CC[C@@H](C)C4)cc1OC. The highest BCUT2D eigenvalue weighted by atomic mass is 32.1. The number of nitrogens with one attached hydrogen (secondary N) is 1. The van der Waals surface area contributed by atoms with Crippen LogP contribution in [0.3, 0.4) is 0 Å². The van der Waals surface area contributed by atoms with Gasteiger partial charge < -0.3 is 14.5 Å². The number of methoxy groups -OCH3 is 2. The Labute approximate surface area is 180 Å². The first kappa shape index (κ1) is 20.9. The fourth-order valence-corrected chi connectivity index (χ4v) is 5.57. The van der Waals surface area contributed by atoms with Crippen molar-refractivity contribution in [2.24, 2.45) is 5.92 Å². The molecule has 2 atom stereocenters. The zero-order valence-corrected chi connectivity index (χ0v) is 19.1. The number of hydrogen-bond acceptors (Lipinski definition) is 6. The number of thiophene rings is 1. The van der Waals surface area contributed by atoms with Crippen LogP contribution in [0.2, 0.25) is 0 Å². The Morgan fingerprint density at radius 2 is 2.07 bits per heavy atom. The Bertz CT molecular complexity index is 1120. The number of H-pyrrole nitrogens is 1. The Hall–Kier alpha value is -2.38. The van der Waals surface area contributed by atoms with E-state index in [2.05, 4.69) is 23.7 Å². The van der Waals surface area contributed by atoms with Gasteiger partial charge in [-0.15, -0.1) is 11.3 Å². The van der Waals surface area contributed by atoms with E-state index in [1.165, 1.54) is 10.4 Å². The standard InChI is InChI=1S/C23H29N3O3S/c1-13-6-8-16-19(10-13)30-23-20(16)22(27)24-21(25-23)14(2)26(3)12-15-7-9-17(28-4)18(11-15)29-5/h7,9,11,13-14H,6,8,10,12H2,1-5H3,(H,24,25,27)/t13-,14+/m1/s1. The molecule has 3 aromatic rings. The van der Waals surface area contributed by atoms with Crippen molar-refractivity contribution in [2.45, 2.75) is 45.7 Å². The summed E-state index contributed by atoms with van der Waals surface area (Å²) in [6.07, 6.45) is 3.18. The van der Waals surface area contributed by atoms with Crippen LogP contribution >= 0.6 is 11.3 Å². The summed E-state index contributed by atoms with van der Waals surface area (Å²) in [6, 6.07) is 5.89. The van der Waals surface area contributed by atoms with Crippen LogP contribution in [0, 0.1) is 5.92 Å². The van der Waals surface area contributed by atoms with Crippen molar-refractivity contribution in [1.82, 2.24) is 14.9 Å². The number of benzene rings is 1. The van der Waals surface area contributed by atoms with Crippen LogP contribution in [0.25, 0.3) is 10.2 Å². The van der Waals surface area contributed by atoms with Gasteiger partial charge in [0.1, 0.15) is 10.7 Å². The molecule has 160 valence electrons. The lowest BCUT2D eigenvalue weighted by Crippen LogP contribution is -2.26. The predicted octanol–water partition coefficient (Wildman–Crippen LogP) is 4.32. The average Bonchev–Trinajstić information content (AvgIpc) is 3.10. The van der Waals surface area contributed by atoms with E-state index in [-0.39, 0.29) is 11.6 Å². The lowest BCUT2D eigenvalue weighted by molar-refractivity contribution is 0.243. The van der Waals surface area contributed by atoms with Gasteiger partial charge in [0.05, 0.1) is 25.6 Å². The molecule has 7 heteroatoms. The molecule has 6 nitrogen and oxygen atoms in total. The molecule has 2 aromatic heterocycles. The second kappa shape index (κ2) is 8.40. The van der Waals surface area contributed by atoms with Gasteiger partial charge in [-0.05, 0) is 62.4 Å². The first-order valence-corrected chi connectivity index (χ1v) is 11.2. The highest BCUT2D eigenvalue weighted by Gasteiger charge is 2.24. The van der Waals surface area contributed by atoms with Crippen LogP contribution in [-0.4, -0.2) is 36.1 Å². The van der Waals surface area contributed by atoms with E-state index in [1.807, 2.05) is 25.2 Å². The predicted molar refractivity (Wildman–Crippen MR) is 121 cm³/mol. The van der Waals surface area contributed by atoms with Crippen molar-refractivity contribution in [3.8, 4) is 11.5 Å². The lowest BCUT2D eigenvalue weighted by atomic mass is 9.89. The first-order valence-electron chi connectivity index (χ1n) is 10.4. The monoisotopic (exact) mass is 427 g/mol. The Balaban J connectivity index is 1.60. The lowest BCUT2D eigenvalue weighted by Gasteiger charge is -2.24. The number of hydrogen-bond donors (Lipinski definition) is 1. The third-order valence-corrected chi connectivity index (χ3v) is 7.27. The van der Waals surface area contributed by atoms with E-state index < -0.39 is 0 Å². The van der Waals surface area contributed by atoms with Crippen molar-refractivity contribution in [1.29, 1.82) is 0 Å². The van der Waals surface area contributed by atoms with Gasteiger partial charge in [-0.2, -0.15) is 0 Å². The van der Waals surface area contributed by atoms with Crippen LogP contribution in [-0.2, 0) is 19.4 Å². The van der Waals surface area contributed by atoms with Crippen LogP contribution < -0.4 is 15.0 Å². The summed E-state index contributed by atoms with van der Waals surface area (Å²) in [5, 5.41) is 0.806. The molecule has 0 saturated carbocycles. The van der Waals surface area contributed by atoms with Crippen molar-refractivity contribution in [2.75, 3.05) is 21.3 Å². The number of aryl methyl sites for hydroxylation is 1. The highest BCUT2D eigenvalue weighted by Crippen LogP contribution is 2.36. The quantitative estimate of drug-likeness (QED) is 0.635. The van der Waals surface area contributed by atoms with Crippen molar-refractivity contribution in [3.05, 3.63) is 50.4 Å². The second-order valence-corrected chi connectivity index (χ2v) is 9.35. The van der Waals surface area contributed by atoms with Gasteiger partial charge in [-0.25, -0.2) is 4.98 Å². The third-order valence-electron chi connectivity index (χ3n) is 6.12. The van der Waals surface area contributed by atoms with Crippen molar-refractivity contribution >= 4 is 21.6 Å². The van der Waals surface area contributed by atoms with Gasteiger partial charge in [0, 0.05) is 11.4 Å². The second-order valence-electron chi connectivity index (χ2n) is 8.26. The molecule has 0 spiro atoms. The topological polar surface area (TPSA) is 67.5 Å². The molecule has 0 aliphatic heterocycles. The summed E-state index contributed by atoms with van der Waals surface area (Å²) in [4.78, 5) is 25.2. The zero-order valence-electron chi connectivity index (χ0n) is 18.2. The number of fused-ring (bicyclic) bond motifs is 3. The third kappa shape index (κ3) is 3.84. The molecular weight excluding hydrogens is 398 g/mol.